The van der Waals surface area contributed by atoms with Crippen LogP contribution in [0.4, 0.5) is 0 Å². The number of fused-ring (bicyclic) bond motifs is 3. The number of thiophene rings is 1. The molecule has 0 saturated carbocycles. The van der Waals surface area contributed by atoms with Crippen molar-refractivity contribution in [2.24, 2.45) is 0 Å². The van der Waals surface area contributed by atoms with Crippen molar-refractivity contribution in [1.29, 1.82) is 0 Å². The molecule has 0 unspecified atom stereocenters. The van der Waals surface area contributed by atoms with Gasteiger partial charge in [-0.3, -0.25) is 9.59 Å². The number of benzene rings is 2. The Morgan fingerprint density at radius 3 is 2.67 bits per heavy atom. The van der Waals surface area contributed by atoms with Gasteiger partial charge in [-0.1, -0.05) is 35.4 Å². The number of nitrogens with one attached hydrogen (secondary N) is 2. The average molecular weight is 397 g/mol. The number of pyridine rings is 1. The number of halogens is 1. The Kier molecular flexibility index (Phi) is 4.72. The average Bonchev–Trinajstić information content (AvgIpc) is 3.11. The summed E-state index contributed by atoms with van der Waals surface area (Å²) in [7, 11) is 0. The SMILES string of the molecule is Cc1ccc2[nH]c(=O)c3cc(C(=O)NCCc4ccc(Cl)cc4)sc3c2c1. The lowest BCUT2D eigenvalue weighted by atomic mass is 10.1. The Balaban J connectivity index is 1.58. The molecule has 0 aliphatic heterocycles. The first-order valence-electron chi connectivity index (χ1n) is 8.60. The van der Waals surface area contributed by atoms with E-state index in [9.17, 15) is 9.59 Å². The summed E-state index contributed by atoms with van der Waals surface area (Å²) in [6.07, 6.45) is 0.719. The van der Waals surface area contributed by atoms with Crippen LogP contribution in [0.5, 0.6) is 0 Å². The van der Waals surface area contributed by atoms with Crippen LogP contribution in [0.15, 0.2) is 53.3 Å². The van der Waals surface area contributed by atoms with Crippen molar-refractivity contribution in [3.8, 4) is 0 Å². The monoisotopic (exact) mass is 396 g/mol. The molecule has 4 rings (SSSR count). The summed E-state index contributed by atoms with van der Waals surface area (Å²) in [6, 6.07) is 15.1. The largest absolute Gasteiger partial charge is 0.351 e. The predicted octanol–water partition coefficient (Wildman–Crippen LogP) is 4.68. The molecule has 0 aliphatic rings. The quantitative estimate of drug-likeness (QED) is 0.526. The normalized spacial score (nSPS) is 11.2. The molecule has 0 aliphatic carbocycles. The van der Waals surface area contributed by atoms with Gasteiger partial charge in [0.15, 0.2) is 0 Å². The minimum absolute atomic E-state index is 0.162. The van der Waals surface area contributed by atoms with Crippen molar-refractivity contribution in [3.05, 3.63) is 79.9 Å². The third-order valence-electron chi connectivity index (χ3n) is 4.48. The highest BCUT2D eigenvalue weighted by molar-refractivity contribution is 7.21. The molecule has 2 aromatic heterocycles. The summed E-state index contributed by atoms with van der Waals surface area (Å²) in [4.78, 5) is 28.3. The van der Waals surface area contributed by atoms with E-state index in [0.717, 1.165) is 33.2 Å². The van der Waals surface area contributed by atoms with Crippen LogP contribution >= 0.6 is 22.9 Å². The van der Waals surface area contributed by atoms with Gasteiger partial charge < -0.3 is 10.3 Å². The first-order valence-corrected chi connectivity index (χ1v) is 9.79. The highest BCUT2D eigenvalue weighted by Gasteiger charge is 2.14. The molecule has 0 atom stereocenters. The summed E-state index contributed by atoms with van der Waals surface area (Å²) in [5.74, 6) is -0.162. The molecule has 0 spiro atoms. The first-order chi connectivity index (χ1) is 13.0. The molecule has 1 amide bonds. The zero-order valence-electron chi connectivity index (χ0n) is 14.6. The molecule has 2 heterocycles. The second-order valence-electron chi connectivity index (χ2n) is 6.49. The van der Waals surface area contributed by atoms with Gasteiger partial charge in [-0.15, -0.1) is 11.3 Å². The summed E-state index contributed by atoms with van der Waals surface area (Å²) >= 11 is 7.24. The molecule has 4 aromatic rings. The van der Waals surface area contributed by atoms with Crippen LogP contribution < -0.4 is 10.9 Å². The Labute approximate surface area is 164 Å². The van der Waals surface area contributed by atoms with Crippen LogP contribution in [0, 0.1) is 6.92 Å². The molecule has 2 N–H and O–H groups in total. The molecule has 27 heavy (non-hydrogen) atoms. The standard InChI is InChI=1S/C21H17ClN2O2S/c1-12-2-7-17-15(10-12)19-16(20(25)24-17)11-18(27-19)21(26)23-9-8-13-3-5-14(22)6-4-13/h2-7,10-11H,8-9H2,1H3,(H,23,26)(H,24,25). The third kappa shape index (κ3) is 3.61. The lowest BCUT2D eigenvalue weighted by Crippen LogP contribution is -2.24. The smallest absolute Gasteiger partial charge is 0.261 e. The number of amides is 1. The van der Waals surface area contributed by atoms with Gasteiger partial charge in [0.2, 0.25) is 0 Å². The van der Waals surface area contributed by atoms with Crippen molar-refractivity contribution < 1.29 is 4.79 Å². The molecule has 0 saturated heterocycles. The summed E-state index contributed by atoms with van der Waals surface area (Å²) in [5, 5.41) is 5.15. The van der Waals surface area contributed by atoms with Gasteiger partial charge in [0.1, 0.15) is 0 Å². The molecule has 0 bridgehead atoms. The number of aryl methyl sites for hydroxylation is 1. The lowest BCUT2D eigenvalue weighted by Gasteiger charge is -2.04. The Hall–Kier alpha value is -2.63. The van der Waals surface area contributed by atoms with E-state index < -0.39 is 0 Å². The lowest BCUT2D eigenvalue weighted by molar-refractivity contribution is 0.0958. The van der Waals surface area contributed by atoms with Crippen LogP contribution in [0.3, 0.4) is 0 Å². The molecule has 0 radical (unpaired) electrons. The second-order valence-corrected chi connectivity index (χ2v) is 7.98. The minimum atomic E-state index is -0.169. The van der Waals surface area contributed by atoms with Crippen LogP contribution in [-0.2, 0) is 6.42 Å². The number of carbonyl (C=O) groups is 1. The van der Waals surface area contributed by atoms with Crippen LogP contribution in [0.1, 0.15) is 20.8 Å². The number of rotatable bonds is 4. The maximum absolute atomic E-state index is 12.5. The van der Waals surface area contributed by atoms with E-state index in [4.69, 9.17) is 11.6 Å². The van der Waals surface area contributed by atoms with Crippen molar-refractivity contribution >= 4 is 49.8 Å². The van der Waals surface area contributed by atoms with Crippen molar-refractivity contribution in [2.75, 3.05) is 6.54 Å². The molecule has 4 nitrogen and oxygen atoms in total. The highest BCUT2D eigenvalue weighted by Crippen LogP contribution is 2.30. The van der Waals surface area contributed by atoms with Gasteiger partial charge in [-0.2, -0.15) is 0 Å². The predicted molar refractivity (Wildman–Crippen MR) is 112 cm³/mol. The van der Waals surface area contributed by atoms with Crippen molar-refractivity contribution in [1.82, 2.24) is 10.3 Å². The number of aromatic nitrogens is 1. The fraction of sp³-hybridized carbons (Fsp3) is 0.143. The van der Waals surface area contributed by atoms with E-state index in [1.807, 2.05) is 49.4 Å². The van der Waals surface area contributed by atoms with E-state index in [2.05, 4.69) is 10.3 Å². The summed E-state index contributed by atoms with van der Waals surface area (Å²) < 4.78 is 0.848. The minimum Gasteiger partial charge on any atom is -0.351 e. The number of H-pyrrole nitrogens is 1. The van der Waals surface area contributed by atoms with E-state index in [0.29, 0.717) is 21.8 Å². The van der Waals surface area contributed by atoms with Crippen LogP contribution in [0.2, 0.25) is 5.02 Å². The number of carbonyl (C=O) groups excluding carboxylic acids is 1. The maximum atomic E-state index is 12.5. The van der Waals surface area contributed by atoms with E-state index in [1.54, 1.807) is 6.07 Å². The summed E-state index contributed by atoms with van der Waals surface area (Å²) in [6.45, 7) is 2.53. The van der Waals surface area contributed by atoms with Gasteiger partial charge in [0, 0.05) is 27.2 Å². The third-order valence-corrected chi connectivity index (χ3v) is 5.90. The van der Waals surface area contributed by atoms with E-state index >= 15 is 0 Å². The highest BCUT2D eigenvalue weighted by atomic mass is 35.5. The number of hydrogen-bond donors (Lipinski definition) is 2. The van der Waals surface area contributed by atoms with Gasteiger partial charge in [-0.25, -0.2) is 0 Å². The Morgan fingerprint density at radius 1 is 1.11 bits per heavy atom. The first kappa shape index (κ1) is 17.8. The van der Waals surface area contributed by atoms with E-state index in [1.165, 1.54) is 11.3 Å². The fourth-order valence-electron chi connectivity index (χ4n) is 3.07. The van der Waals surface area contributed by atoms with Crippen molar-refractivity contribution in [3.63, 3.8) is 0 Å². The number of hydrogen-bond acceptors (Lipinski definition) is 3. The second kappa shape index (κ2) is 7.18. The Bertz CT molecular complexity index is 1210. The van der Waals surface area contributed by atoms with Gasteiger partial charge >= 0.3 is 0 Å². The molecule has 0 fully saturated rings. The summed E-state index contributed by atoms with van der Waals surface area (Å²) in [5.41, 5.74) is 2.83. The van der Waals surface area contributed by atoms with Crippen molar-refractivity contribution in [2.45, 2.75) is 13.3 Å². The molecule has 136 valence electrons. The molecular formula is C21H17ClN2O2S. The van der Waals surface area contributed by atoms with Gasteiger partial charge in [-0.05, 0) is 49.2 Å². The maximum Gasteiger partial charge on any atom is 0.261 e. The van der Waals surface area contributed by atoms with Crippen LogP contribution in [-0.4, -0.2) is 17.4 Å². The fourth-order valence-corrected chi connectivity index (χ4v) is 4.30. The molecule has 2 aromatic carbocycles. The van der Waals surface area contributed by atoms with Crippen LogP contribution in [0.25, 0.3) is 21.0 Å². The zero-order valence-corrected chi connectivity index (χ0v) is 16.2. The van der Waals surface area contributed by atoms with Gasteiger partial charge in [0.05, 0.1) is 10.3 Å². The molecular weight excluding hydrogens is 380 g/mol. The van der Waals surface area contributed by atoms with Gasteiger partial charge in [0.25, 0.3) is 11.5 Å². The Morgan fingerprint density at radius 2 is 1.89 bits per heavy atom. The topological polar surface area (TPSA) is 62.0 Å². The molecule has 6 heteroatoms. The van der Waals surface area contributed by atoms with E-state index in [-0.39, 0.29) is 11.5 Å². The number of aromatic amines is 1. The zero-order chi connectivity index (χ0) is 19.0.